The van der Waals surface area contributed by atoms with Gasteiger partial charge in [-0.05, 0) is 53.7 Å². The quantitative estimate of drug-likeness (QED) is 0.258. The van der Waals surface area contributed by atoms with Crippen LogP contribution in [0.15, 0.2) is 146 Å². The van der Waals surface area contributed by atoms with Crippen LogP contribution in [-0.2, 0) is 6.16 Å². The van der Waals surface area contributed by atoms with Crippen molar-refractivity contribution in [3.8, 4) is 0 Å². The molecule has 0 spiro atoms. The predicted molar refractivity (Wildman–Crippen MR) is 152 cm³/mol. The summed E-state index contributed by atoms with van der Waals surface area (Å²) in [6, 6.07) is 50.4. The third-order valence-electron chi connectivity index (χ3n) is 5.95. The molecule has 3 heteroatoms. The standard InChI is InChI=1S/C31H27NP2/c1-5-16-28(17-6-1)33(29-18-7-2-8-19-29)26-34(30-20-9-3-10-21-30,31-22-11-4-12-23-31)25-27-15-13-14-24-32-27/h1-24,26H,25H2. The molecule has 34 heavy (non-hydrogen) atoms. The van der Waals surface area contributed by atoms with E-state index in [1.165, 1.54) is 21.2 Å². The second-order valence-corrected chi connectivity index (χ2v) is 14.0. The number of hydrogen-bond donors (Lipinski definition) is 0. The van der Waals surface area contributed by atoms with Gasteiger partial charge in [-0.15, -0.1) is 0 Å². The Kier molecular flexibility index (Phi) is 7.16. The Hall–Kier alpha value is -3.24. The van der Waals surface area contributed by atoms with E-state index in [0.29, 0.717) is 0 Å². The molecule has 0 fully saturated rings. The Morgan fingerprint density at radius 1 is 0.529 bits per heavy atom. The first kappa shape index (κ1) is 22.5. The average molecular weight is 476 g/mol. The summed E-state index contributed by atoms with van der Waals surface area (Å²) in [5.74, 6) is 0. The molecule has 5 rings (SSSR count). The third-order valence-corrected chi connectivity index (χ3v) is 13.4. The summed E-state index contributed by atoms with van der Waals surface area (Å²) in [5, 5.41) is 5.54. The minimum Gasteiger partial charge on any atom is -0.261 e. The fourth-order valence-corrected chi connectivity index (χ4v) is 12.4. The van der Waals surface area contributed by atoms with Crippen molar-refractivity contribution in [2.45, 2.75) is 6.16 Å². The molecule has 1 aromatic heterocycles. The normalized spacial score (nSPS) is 11.3. The minimum absolute atomic E-state index is 0.686. The maximum atomic E-state index is 4.78. The topological polar surface area (TPSA) is 12.9 Å². The summed E-state index contributed by atoms with van der Waals surface area (Å²) in [6.07, 6.45) is 2.82. The lowest BCUT2D eigenvalue weighted by Gasteiger charge is -2.30. The molecule has 0 radical (unpaired) electrons. The first-order valence-electron chi connectivity index (χ1n) is 11.5. The van der Waals surface area contributed by atoms with Crippen molar-refractivity contribution >= 4 is 41.6 Å². The van der Waals surface area contributed by atoms with Crippen LogP contribution in [0.25, 0.3) is 0 Å². The van der Waals surface area contributed by atoms with Crippen LogP contribution in [0, 0.1) is 0 Å². The van der Waals surface area contributed by atoms with E-state index in [2.05, 4.69) is 139 Å². The van der Waals surface area contributed by atoms with Crippen LogP contribution < -0.4 is 21.2 Å². The van der Waals surface area contributed by atoms with E-state index in [1.54, 1.807) is 0 Å². The third kappa shape index (κ3) is 4.97. The number of rotatable bonds is 7. The van der Waals surface area contributed by atoms with Gasteiger partial charge in [0.2, 0.25) is 0 Å². The van der Waals surface area contributed by atoms with Gasteiger partial charge >= 0.3 is 0 Å². The molecule has 0 aliphatic rings. The van der Waals surface area contributed by atoms with Gasteiger partial charge in [-0.2, -0.15) is 0 Å². The van der Waals surface area contributed by atoms with Gasteiger partial charge in [0.05, 0.1) is 0 Å². The summed E-state index contributed by atoms with van der Waals surface area (Å²) < 4.78 is 0. The van der Waals surface area contributed by atoms with Crippen molar-refractivity contribution in [1.29, 1.82) is 0 Å². The molecule has 0 aliphatic heterocycles. The molecule has 166 valence electrons. The van der Waals surface area contributed by atoms with Crippen LogP contribution in [0.3, 0.4) is 0 Å². The van der Waals surface area contributed by atoms with Gasteiger partial charge < -0.3 is 0 Å². The smallest absolute Gasteiger partial charge is 0.0452 e. The van der Waals surface area contributed by atoms with Crippen molar-refractivity contribution in [3.05, 3.63) is 151 Å². The number of nitrogens with zero attached hydrogens (tertiary/aromatic N) is 1. The summed E-state index contributed by atoms with van der Waals surface area (Å²) >= 11 is 0. The largest absolute Gasteiger partial charge is 0.261 e. The molecule has 1 nitrogen and oxygen atoms in total. The van der Waals surface area contributed by atoms with Crippen LogP contribution in [0.4, 0.5) is 0 Å². The highest BCUT2D eigenvalue weighted by Crippen LogP contribution is 2.53. The van der Waals surface area contributed by atoms with Crippen molar-refractivity contribution in [1.82, 2.24) is 4.98 Å². The highest BCUT2D eigenvalue weighted by atomic mass is 31.2. The van der Waals surface area contributed by atoms with Gasteiger partial charge in [-0.1, -0.05) is 127 Å². The molecule has 0 saturated heterocycles. The molecule has 5 aromatic rings. The van der Waals surface area contributed by atoms with Gasteiger partial charge in [0.25, 0.3) is 0 Å². The second kappa shape index (κ2) is 10.8. The summed E-state index contributed by atoms with van der Waals surface area (Å²) in [5.41, 5.74) is 3.85. The molecule has 0 bridgehead atoms. The van der Waals surface area contributed by atoms with Crippen LogP contribution in [0.5, 0.6) is 0 Å². The lowest BCUT2D eigenvalue weighted by molar-refractivity contribution is 1.17. The van der Waals surface area contributed by atoms with Crippen LogP contribution in [0.1, 0.15) is 5.69 Å². The molecule has 0 atom stereocenters. The summed E-state index contributed by atoms with van der Waals surface area (Å²) in [6.45, 7) is -1.97. The van der Waals surface area contributed by atoms with E-state index in [4.69, 9.17) is 4.98 Å². The zero-order valence-electron chi connectivity index (χ0n) is 19.0. The molecule has 0 unspecified atom stereocenters. The summed E-state index contributed by atoms with van der Waals surface area (Å²) in [4.78, 5) is 4.78. The van der Waals surface area contributed by atoms with E-state index < -0.39 is 14.8 Å². The second-order valence-electron chi connectivity index (χ2n) is 8.18. The SMILES string of the molecule is C(P(c1ccccc1)c1ccccc1)=P(Cc1ccccn1)(c1ccccc1)c1ccccc1. The maximum Gasteiger partial charge on any atom is 0.0452 e. The fraction of sp³-hybridized carbons (Fsp3) is 0.0323. The molecule has 0 aliphatic carbocycles. The highest BCUT2D eigenvalue weighted by Gasteiger charge is 2.26. The fourth-order valence-electron chi connectivity index (χ4n) is 4.30. The van der Waals surface area contributed by atoms with Crippen LogP contribution in [-0.4, -0.2) is 10.5 Å². The van der Waals surface area contributed by atoms with Crippen molar-refractivity contribution in [3.63, 3.8) is 0 Å². The molecule has 1 heterocycles. The van der Waals surface area contributed by atoms with Crippen LogP contribution in [0.2, 0.25) is 0 Å². The van der Waals surface area contributed by atoms with E-state index in [1.807, 2.05) is 12.3 Å². The molecule has 0 N–H and O–H groups in total. The first-order valence-corrected chi connectivity index (χ1v) is 14.9. The Morgan fingerprint density at radius 3 is 1.41 bits per heavy atom. The number of pyridine rings is 1. The van der Waals surface area contributed by atoms with E-state index in [-0.39, 0.29) is 0 Å². The monoisotopic (exact) mass is 475 g/mol. The number of aromatic nitrogens is 1. The Bertz CT molecular complexity index is 1270. The minimum atomic E-state index is -1.97. The lowest BCUT2D eigenvalue weighted by atomic mass is 10.4. The number of benzene rings is 4. The van der Waals surface area contributed by atoms with Crippen molar-refractivity contribution < 1.29 is 0 Å². The molecular weight excluding hydrogens is 448 g/mol. The first-order chi connectivity index (χ1) is 16.9. The zero-order chi connectivity index (χ0) is 23.1. The Labute approximate surface area is 203 Å². The zero-order valence-corrected chi connectivity index (χ0v) is 20.8. The summed E-state index contributed by atoms with van der Waals surface area (Å²) in [7, 11) is -0.686. The molecule has 0 amide bonds. The lowest BCUT2D eigenvalue weighted by Crippen LogP contribution is -2.22. The maximum absolute atomic E-state index is 4.78. The highest BCUT2D eigenvalue weighted by molar-refractivity contribution is 8.04. The average Bonchev–Trinajstić information content (AvgIpc) is 2.93. The number of hydrogen-bond acceptors (Lipinski definition) is 1. The van der Waals surface area contributed by atoms with Crippen LogP contribution >= 0.6 is 14.8 Å². The Balaban J connectivity index is 1.83. The Morgan fingerprint density at radius 2 is 0.971 bits per heavy atom. The molecule has 0 saturated carbocycles. The van der Waals surface area contributed by atoms with Gasteiger partial charge in [-0.25, -0.2) is 0 Å². The van der Waals surface area contributed by atoms with Crippen molar-refractivity contribution in [2.24, 2.45) is 0 Å². The van der Waals surface area contributed by atoms with Gasteiger partial charge in [0, 0.05) is 18.1 Å². The van der Waals surface area contributed by atoms with E-state index in [9.17, 15) is 0 Å². The molecular formula is C31H27NP2. The van der Waals surface area contributed by atoms with Gasteiger partial charge in [0.15, 0.2) is 0 Å². The van der Waals surface area contributed by atoms with E-state index in [0.717, 1.165) is 11.9 Å². The predicted octanol–water partition coefficient (Wildman–Crippen LogP) is 6.14. The van der Waals surface area contributed by atoms with Gasteiger partial charge in [0.1, 0.15) is 0 Å². The molecule has 4 aromatic carbocycles. The van der Waals surface area contributed by atoms with Crippen molar-refractivity contribution in [2.75, 3.05) is 0 Å². The van der Waals surface area contributed by atoms with E-state index >= 15 is 0 Å². The van der Waals surface area contributed by atoms with Gasteiger partial charge in [-0.3, -0.25) is 4.98 Å².